The van der Waals surface area contributed by atoms with E-state index in [9.17, 15) is 19.2 Å². The van der Waals surface area contributed by atoms with Crippen LogP contribution in [0.15, 0.2) is 18.2 Å². The molecule has 38 heavy (non-hydrogen) atoms. The summed E-state index contributed by atoms with van der Waals surface area (Å²) in [6, 6.07) is 4.34. The topological polar surface area (TPSA) is 150 Å². The number of hydrogen-bond acceptors (Lipinski definition) is 11. The molecular formula is C27H41NO10. The number of carbonyl (C=O) groups is 4. The lowest BCUT2D eigenvalue weighted by Crippen LogP contribution is -2.53. The van der Waals surface area contributed by atoms with E-state index in [0.717, 1.165) is 6.42 Å². The maximum absolute atomic E-state index is 12.7. The Kier molecular flexibility index (Phi) is 14.2. The Morgan fingerprint density at radius 3 is 2.00 bits per heavy atom. The SMILES string of the molecule is CCCOC(=O)Oc1ccc(CC(N)(C[C@H](C)OC(=O)C(C)CCC)C(=O)OC)cc1OC(=O)OCCC. The van der Waals surface area contributed by atoms with E-state index in [2.05, 4.69) is 0 Å². The van der Waals surface area contributed by atoms with Gasteiger partial charge < -0.3 is 34.2 Å². The molecule has 0 aliphatic heterocycles. The lowest BCUT2D eigenvalue weighted by atomic mass is 9.86. The smallest absolute Gasteiger partial charge is 0.468 e. The minimum absolute atomic E-state index is 0.0272. The number of esters is 2. The van der Waals surface area contributed by atoms with Crippen LogP contribution >= 0.6 is 0 Å². The average molecular weight is 540 g/mol. The molecule has 11 nitrogen and oxygen atoms in total. The molecule has 1 aromatic rings. The van der Waals surface area contributed by atoms with Crippen LogP contribution in [0.2, 0.25) is 0 Å². The zero-order valence-electron chi connectivity index (χ0n) is 23.2. The molecule has 0 aliphatic carbocycles. The molecule has 11 heteroatoms. The Morgan fingerprint density at radius 1 is 0.895 bits per heavy atom. The maximum atomic E-state index is 12.7. The summed E-state index contributed by atoms with van der Waals surface area (Å²) in [5.74, 6) is -1.58. The third kappa shape index (κ3) is 11.0. The van der Waals surface area contributed by atoms with Crippen molar-refractivity contribution in [3.63, 3.8) is 0 Å². The highest BCUT2D eigenvalue weighted by Crippen LogP contribution is 2.32. The first-order valence-electron chi connectivity index (χ1n) is 12.9. The molecule has 2 unspecified atom stereocenters. The lowest BCUT2D eigenvalue weighted by Gasteiger charge is -2.30. The summed E-state index contributed by atoms with van der Waals surface area (Å²) in [7, 11) is 1.21. The van der Waals surface area contributed by atoms with Crippen LogP contribution in [0.5, 0.6) is 11.5 Å². The van der Waals surface area contributed by atoms with Crippen molar-refractivity contribution in [1.82, 2.24) is 0 Å². The molecule has 0 heterocycles. The third-order valence-electron chi connectivity index (χ3n) is 5.45. The van der Waals surface area contributed by atoms with Crippen molar-refractivity contribution in [2.24, 2.45) is 11.7 Å². The highest BCUT2D eigenvalue weighted by Gasteiger charge is 2.38. The number of benzene rings is 1. The molecule has 0 saturated heterocycles. The summed E-state index contributed by atoms with van der Waals surface area (Å²) in [6.07, 6.45) is -0.0455. The predicted molar refractivity (Wildman–Crippen MR) is 138 cm³/mol. The molecule has 0 aromatic heterocycles. The van der Waals surface area contributed by atoms with Crippen molar-refractivity contribution in [3.8, 4) is 11.5 Å². The largest absolute Gasteiger partial charge is 0.513 e. The van der Waals surface area contributed by atoms with E-state index in [1.54, 1.807) is 19.9 Å². The van der Waals surface area contributed by atoms with Gasteiger partial charge in [0.1, 0.15) is 11.6 Å². The Balaban J connectivity index is 3.19. The molecule has 0 amide bonds. The summed E-state index contributed by atoms with van der Waals surface area (Å²) in [4.78, 5) is 49.2. The fourth-order valence-electron chi connectivity index (χ4n) is 3.65. The number of carbonyl (C=O) groups excluding carboxylic acids is 4. The van der Waals surface area contributed by atoms with Gasteiger partial charge in [-0.3, -0.25) is 9.59 Å². The van der Waals surface area contributed by atoms with Gasteiger partial charge in [0.25, 0.3) is 0 Å². The van der Waals surface area contributed by atoms with Gasteiger partial charge in [0.15, 0.2) is 11.5 Å². The summed E-state index contributed by atoms with van der Waals surface area (Å²) < 4.78 is 30.8. The molecule has 2 N–H and O–H groups in total. The van der Waals surface area contributed by atoms with Gasteiger partial charge in [-0.05, 0) is 43.9 Å². The summed E-state index contributed by atoms with van der Waals surface area (Å²) in [5.41, 5.74) is 5.37. The third-order valence-corrected chi connectivity index (χ3v) is 5.45. The first-order valence-corrected chi connectivity index (χ1v) is 12.9. The molecule has 1 aromatic carbocycles. The van der Waals surface area contributed by atoms with Gasteiger partial charge in [0, 0.05) is 12.8 Å². The first kappa shape index (κ1) is 32.7. The Labute approximate surface area is 224 Å². The van der Waals surface area contributed by atoms with Gasteiger partial charge in [-0.25, -0.2) is 9.59 Å². The molecule has 1 rings (SSSR count). The van der Waals surface area contributed by atoms with Crippen molar-refractivity contribution < 1.29 is 47.6 Å². The monoisotopic (exact) mass is 539 g/mol. The van der Waals surface area contributed by atoms with Crippen LogP contribution in [0.4, 0.5) is 9.59 Å². The van der Waals surface area contributed by atoms with Crippen LogP contribution in [-0.4, -0.2) is 56.2 Å². The number of hydrogen-bond donors (Lipinski definition) is 1. The second-order valence-electron chi connectivity index (χ2n) is 9.15. The molecule has 3 atom stereocenters. The molecular weight excluding hydrogens is 498 g/mol. The van der Waals surface area contributed by atoms with Crippen LogP contribution in [0.25, 0.3) is 0 Å². The highest BCUT2D eigenvalue weighted by molar-refractivity contribution is 5.81. The maximum Gasteiger partial charge on any atom is 0.513 e. The van der Waals surface area contributed by atoms with E-state index in [1.165, 1.54) is 19.2 Å². The second kappa shape index (κ2) is 16.5. The standard InChI is InChI=1S/C27H41NO10/c1-7-10-18(4)23(29)36-19(5)16-27(28,24(30)33-6)17-20-11-12-21(37-25(31)34-13-8-2)22(15-20)38-26(32)35-14-9-3/h11-12,15,18-19H,7-10,13-14,16-17,28H2,1-6H3/t18?,19-,27?/m0/s1. The van der Waals surface area contributed by atoms with E-state index >= 15 is 0 Å². The molecule has 0 spiro atoms. The van der Waals surface area contributed by atoms with Crippen molar-refractivity contribution in [3.05, 3.63) is 23.8 Å². The quantitative estimate of drug-likeness (QED) is 0.187. The number of rotatable bonds is 15. The molecule has 0 radical (unpaired) electrons. The van der Waals surface area contributed by atoms with Crippen LogP contribution in [0.3, 0.4) is 0 Å². The summed E-state index contributed by atoms with van der Waals surface area (Å²) in [5, 5.41) is 0. The fourth-order valence-corrected chi connectivity index (χ4v) is 3.65. The van der Waals surface area contributed by atoms with Gasteiger partial charge >= 0.3 is 24.2 Å². The molecule has 0 saturated carbocycles. The zero-order valence-corrected chi connectivity index (χ0v) is 23.2. The highest BCUT2D eigenvalue weighted by atomic mass is 16.7. The number of methoxy groups -OCH3 is 1. The summed E-state index contributed by atoms with van der Waals surface area (Å²) in [6.45, 7) is 9.34. The molecule has 0 fully saturated rings. The normalized spacial score (nSPS) is 13.9. The minimum atomic E-state index is -1.58. The van der Waals surface area contributed by atoms with Gasteiger partial charge in [0.2, 0.25) is 0 Å². The lowest BCUT2D eigenvalue weighted by molar-refractivity contribution is -0.157. The number of ether oxygens (including phenoxy) is 6. The molecule has 214 valence electrons. The Bertz CT molecular complexity index is 934. The zero-order chi connectivity index (χ0) is 28.7. The van der Waals surface area contributed by atoms with E-state index < -0.39 is 29.9 Å². The van der Waals surface area contributed by atoms with Gasteiger partial charge in [0.05, 0.1) is 26.2 Å². The minimum Gasteiger partial charge on any atom is -0.468 e. The number of nitrogens with two attached hydrogens (primary N) is 1. The van der Waals surface area contributed by atoms with Crippen molar-refractivity contribution in [2.75, 3.05) is 20.3 Å². The van der Waals surface area contributed by atoms with Gasteiger partial charge in [-0.1, -0.05) is 40.2 Å². The Hall–Kier alpha value is -3.34. The van der Waals surface area contributed by atoms with Crippen molar-refractivity contribution >= 4 is 24.2 Å². The predicted octanol–water partition coefficient (Wildman–Crippen LogP) is 4.71. The fraction of sp³-hybridized carbons (Fsp3) is 0.630. The molecule has 0 aliphatic rings. The van der Waals surface area contributed by atoms with Gasteiger partial charge in [-0.2, -0.15) is 0 Å². The van der Waals surface area contributed by atoms with Crippen molar-refractivity contribution in [2.45, 2.75) is 84.8 Å². The van der Waals surface area contributed by atoms with Crippen LogP contribution in [0.1, 0.15) is 72.3 Å². The van der Waals surface area contributed by atoms with Crippen molar-refractivity contribution in [1.29, 1.82) is 0 Å². The van der Waals surface area contributed by atoms with E-state index in [4.69, 9.17) is 34.2 Å². The van der Waals surface area contributed by atoms with Crippen LogP contribution < -0.4 is 15.2 Å². The van der Waals surface area contributed by atoms with E-state index in [1.807, 2.05) is 20.8 Å². The second-order valence-corrected chi connectivity index (χ2v) is 9.15. The average Bonchev–Trinajstić information content (AvgIpc) is 2.87. The first-order chi connectivity index (χ1) is 18.0. The Morgan fingerprint density at radius 2 is 1.47 bits per heavy atom. The van der Waals surface area contributed by atoms with E-state index in [-0.39, 0.29) is 49.4 Å². The van der Waals surface area contributed by atoms with Gasteiger partial charge in [-0.15, -0.1) is 0 Å². The summed E-state index contributed by atoms with van der Waals surface area (Å²) >= 11 is 0. The molecule has 0 bridgehead atoms. The van der Waals surface area contributed by atoms with E-state index in [0.29, 0.717) is 24.8 Å². The van der Waals surface area contributed by atoms with Crippen LogP contribution in [-0.2, 0) is 35.0 Å². The van der Waals surface area contributed by atoms with Crippen LogP contribution in [0, 0.1) is 5.92 Å².